The van der Waals surface area contributed by atoms with Crippen molar-refractivity contribution in [1.82, 2.24) is 10.3 Å². The first-order valence-electron chi connectivity index (χ1n) is 6.41. The fourth-order valence-electron chi connectivity index (χ4n) is 2.16. The summed E-state index contributed by atoms with van der Waals surface area (Å²) >= 11 is 1.29. The van der Waals surface area contributed by atoms with E-state index in [0.29, 0.717) is 16.2 Å². The fraction of sp³-hybridized carbons (Fsp3) is 0.0625. The quantitative estimate of drug-likeness (QED) is 0.943. The van der Waals surface area contributed by atoms with Crippen molar-refractivity contribution < 1.29 is 9.59 Å². The highest BCUT2D eigenvalue weighted by Gasteiger charge is 2.33. The van der Waals surface area contributed by atoms with Gasteiger partial charge in [0, 0.05) is 18.1 Å². The van der Waals surface area contributed by atoms with Gasteiger partial charge in [-0.3, -0.25) is 14.6 Å². The van der Waals surface area contributed by atoms with E-state index in [2.05, 4.69) is 10.3 Å². The van der Waals surface area contributed by atoms with E-state index in [1.165, 1.54) is 18.0 Å². The van der Waals surface area contributed by atoms with Crippen molar-refractivity contribution in [2.45, 2.75) is 4.90 Å². The van der Waals surface area contributed by atoms with Gasteiger partial charge in [0.25, 0.3) is 0 Å². The third kappa shape index (κ3) is 2.36. The number of hydrogen-bond acceptors (Lipinski definition) is 5. The van der Waals surface area contributed by atoms with Gasteiger partial charge in [0.2, 0.25) is 11.6 Å². The second-order valence-corrected chi connectivity index (χ2v) is 5.51. The van der Waals surface area contributed by atoms with Gasteiger partial charge in [-0.25, -0.2) is 0 Å². The number of likely N-dealkylation sites (N-methyl/N-ethyl adjacent to an activating group) is 1. The zero-order valence-corrected chi connectivity index (χ0v) is 12.1. The van der Waals surface area contributed by atoms with E-state index in [0.717, 1.165) is 4.90 Å². The Kier molecular flexibility index (Phi) is 3.58. The number of rotatable bonds is 3. The Morgan fingerprint density at radius 1 is 1.00 bits per heavy atom. The van der Waals surface area contributed by atoms with Gasteiger partial charge in [-0.05, 0) is 24.3 Å². The molecule has 104 valence electrons. The Labute approximate surface area is 126 Å². The fourth-order valence-corrected chi connectivity index (χ4v) is 3.19. The zero-order chi connectivity index (χ0) is 14.8. The van der Waals surface area contributed by atoms with Crippen LogP contribution < -0.4 is 5.32 Å². The summed E-state index contributed by atoms with van der Waals surface area (Å²) < 4.78 is 0. The van der Waals surface area contributed by atoms with Crippen molar-refractivity contribution in [1.29, 1.82) is 0 Å². The molecule has 0 aliphatic heterocycles. The number of thioether (sulfide) groups is 1. The largest absolute Gasteiger partial charge is 0.384 e. The third-order valence-corrected chi connectivity index (χ3v) is 4.24. The maximum absolute atomic E-state index is 12.6. The topological polar surface area (TPSA) is 59.1 Å². The molecule has 4 nitrogen and oxygen atoms in total. The van der Waals surface area contributed by atoms with E-state index in [-0.39, 0.29) is 17.3 Å². The molecule has 0 saturated heterocycles. The van der Waals surface area contributed by atoms with E-state index < -0.39 is 0 Å². The van der Waals surface area contributed by atoms with Gasteiger partial charge in [-0.15, -0.1) is 0 Å². The first-order chi connectivity index (χ1) is 10.2. The monoisotopic (exact) mass is 296 g/mol. The number of Topliss-reactive ketones (excluding diaryl/α,β-unsaturated/α-hetero) is 2. The lowest BCUT2D eigenvalue weighted by Gasteiger charge is -2.19. The number of pyridine rings is 1. The smallest absolute Gasteiger partial charge is 0.229 e. The molecule has 21 heavy (non-hydrogen) atoms. The number of ketones is 2. The van der Waals surface area contributed by atoms with Crippen LogP contribution in [-0.2, 0) is 0 Å². The van der Waals surface area contributed by atoms with Crippen molar-refractivity contribution in [3.8, 4) is 0 Å². The highest BCUT2D eigenvalue weighted by atomic mass is 32.2. The van der Waals surface area contributed by atoms with E-state index in [9.17, 15) is 9.59 Å². The van der Waals surface area contributed by atoms with Crippen LogP contribution in [0.4, 0.5) is 0 Å². The number of carbonyl (C=O) groups is 2. The van der Waals surface area contributed by atoms with Gasteiger partial charge >= 0.3 is 0 Å². The minimum atomic E-state index is -0.244. The summed E-state index contributed by atoms with van der Waals surface area (Å²) in [4.78, 5) is 30.4. The number of nitrogens with zero attached hydrogens (tertiary/aromatic N) is 1. The van der Waals surface area contributed by atoms with Gasteiger partial charge in [-0.1, -0.05) is 30.0 Å². The van der Waals surface area contributed by atoms with Crippen LogP contribution in [0.5, 0.6) is 0 Å². The lowest BCUT2D eigenvalue weighted by Crippen LogP contribution is -2.28. The maximum Gasteiger partial charge on any atom is 0.229 e. The Hall–Kier alpha value is -2.40. The minimum Gasteiger partial charge on any atom is -0.384 e. The predicted octanol–water partition coefficient (Wildman–Crippen LogP) is 2.68. The Morgan fingerprint density at radius 3 is 2.48 bits per heavy atom. The van der Waals surface area contributed by atoms with Gasteiger partial charge < -0.3 is 5.32 Å². The summed E-state index contributed by atoms with van der Waals surface area (Å²) in [6, 6.07) is 12.8. The molecule has 0 amide bonds. The van der Waals surface area contributed by atoms with E-state index in [1.807, 2.05) is 30.3 Å². The summed E-state index contributed by atoms with van der Waals surface area (Å²) in [5, 5.41) is 2.84. The Balaban J connectivity index is 2.09. The van der Waals surface area contributed by atoms with Crippen LogP contribution in [-0.4, -0.2) is 23.6 Å². The molecule has 5 heteroatoms. The van der Waals surface area contributed by atoms with Crippen LogP contribution in [0, 0.1) is 0 Å². The van der Waals surface area contributed by atoms with Crippen molar-refractivity contribution >= 4 is 23.3 Å². The molecule has 0 saturated carbocycles. The van der Waals surface area contributed by atoms with Crippen LogP contribution in [0.1, 0.15) is 20.8 Å². The van der Waals surface area contributed by atoms with Gasteiger partial charge in [0.15, 0.2) is 0 Å². The lowest BCUT2D eigenvalue weighted by molar-refractivity contribution is 0.0972. The number of fused-ring (bicyclic) bond motifs is 1. The molecule has 2 aromatic rings. The second kappa shape index (κ2) is 5.54. The van der Waals surface area contributed by atoms with Crippen LogP contribution in [0.15, 0.2) is 64.2 Å². The lowest BCUT2D eigenvalue weighted by atomic mass is 9.97. The number of benzene rings is 1. The van der Waals surface area contributed by atoms with Crippen molar-refractivity contribution in [2.24, 2.45) is 0 Å². The number of allylic oxidation sites excluding steroid dienone is 2. The van der Waals surface area contributed by atoms with Crippen molar-refractivity contribution in [3.63, 3.8) is 0 Å². The summed E-state index contributed by atoms with van der Waals surface area (Å²) in [6.45, 7) is 0. The molecule has 0 fully saturated rings. The summed E-state index contributed by atoms with van der Waals surface area (Å²) in [5.41, 5.74) is 0.879. The number of nitrogens with one attached hydrogen (secondary N) is 1. The predicted molar refractivity (Wildman–Crippen MR) is 81.3 cm³/mol. The first kappa shape index (κ1) is 13.6. The molecule has 0 radical (unpaired) electrons. The molecule has 1 heterocycles. The minimum absolute atomic E-state index is 0.170. The Morgan fingerprint density at radius 2 is 1.76 bits per heavy atom. The SMILES string of the molecule is CNC1=C(Sc2ccccc2)C(=O)c2cccnc2C1=O. The number of hydrogen-bond donors (Lipinski definition) is 1. The maximum atomic E-state index is 12.6. The van der Waals surface area contributed by atoms with Crippen LogP contribution in [0.2, 0.25) is 0 Å². The van der Waals surface area contributed by atoms with Crippen LogP contribution in [0.3, 0.4) is 0 Å². The van der Waals surface area contributed by atoms with Crippen LogP contribution in [0.25, 0.3) is 0 Å². The molecule has 0 spiro atoms. The molecule has 1 N–H and O–H groups in total. The number of aromatic nitrogens is 1. The molecule has 3 rings (SSSR count). The van der Waals surface area contributed by atoms with E-state index in [1.54, 1.807) is 19.2 Å². The molecule has 0 unspecified atom stereocenters. The summed E-state index contributed by atoms with van der Waals surface area (Å²) in [5.74, 6) is -0.415. The molecular weight excluding hydrogens is 284 g/mol. The average Bonchev–Trinajstić information content (AvgIpc) is 2.54. The highest BCUT2D eigenvalue weighted by Crippen LogP contribution is 2.35. The van der Waals surface area contributed by atoms with Crippen molar-refractivity contribution in [3.05, 3.63) is 70.5 Å². The standard InChI is InChI=1S/C16H12N2O2S/c1-17-13-15(20)12-11(8-5-9-18-12)14(19)16(13)21-10-6-3-2-4-7-10/h2-9,17H,1H3. The summed E-state index contributed by atoms with van der Waals surface area (Å²) in [7, 11) is 1.64. The van der Waals surface area contributed by atoms with Gasteiger partial charge in [0.1, 0.15) is 11.4 Å². The summed E-state index contributed by atoms with van der Waals surface area (Å²) in [6.07, 6.45) is 1.52. The molecule has 1 aliphatic carbocycles. The first-order valence-corrected chi connectivity index (χ1v) is 7.23. The van der Waals surface area contributed by atoms with E-state index in [4.69, 9.17) is 0 Å². The normalized spacial score (nSPS) is 14.1. The van der Waals surface area contributed by atoms with Gasteiger partial charge in [0.05, 0.1) is 10.5 Å². The molecule has 1 aromatic heterocycles. The van der Waals surface area contributed by atoms with Crippen LogP contribution >= 0.6 is 11.8 Å². The Bertz CT molecular complexity index is 754. The zero-order valence-electron chi connectivity index (χ0n) is 11.3. The molecule has 1 aliphatic rings. The van der Waals surface area contributed by atoms with Gasteiger partial charge in [-0.2, -0.15) is 0 Å². The molecular formula is C16H12N2O2S. The van der Waals surface area contributed by atoms with Crippen molar-refractivity contribution in [2.75, 3.05) is 7.05 Å². The molecule has 1 aromatic carbocycles. The van der Waals surface area contributed by atoms with E-state index >= 15 is 0 Å². The second-order valence-electron chi connectivity index (χ2n) is 4.43. The highest BCUT2D eigenvalue weighted by molar-refractivity contribution is 8.04. The molecule has 0 bridgehead atoms. The number of carbonyl (C=O) groups excluding carboxylic acids is 2. The third-order valence-electron chi connectivity index (χ3n) is 3.14. The average molecular weight is 296 g/mol. The molecule has 0 atom stereocenters.